The van der Waals surface area contributed by atoms with Gasteiger partial charge in [0.2, 0.25) is 0 Å². The van der Waals surface area contributed by atoms with E-state index >= 15 is 0 Å². The fourth-order valence-electron chi connectivity index (χ4n) is 3.27. The lowest BCUT2D eigenvalue weighted by Gasteiger charge is -2.28. The number of likely N-dealkylation sites (tertiary alicyclic amines) is 1. The molecule has 0 aromatic heterocycles. The van der Waals surface area contributed by atoms with Gasteiger partial charge in [0.15, 0.2) is 5.96 Å². The Morgan fingerprint density at radius 3 is 2.79 bits per heavy atom. The fourth-order valence-corrected chi connectivity index (χ4v) is 3.27. The molecule has 1 saturated heterocycles. The van der Waals surface area contributed by atoms with E-state index < -0.39 is 0 Å². The van der Waals surface area contributed by atoms with Crippen LogP contribution in [0.5, 0.6) is 0 Å². The van der Waals surface area contributed by atoms with Crippen LogP contribution in [0.15, 0.2) is 35.3 Å². The lowest BCUT2D eigenvalue weighted by atomic mass is 10.1. The van der Waals surface area contributed by atoms with Crippen molar-refractivity contribution < 1.29 is 9.47 Å². The van der Waals surface area contributed by atoms with E-state index in [1.807, 2.05) is 0 Å². The monoisotopic (exact) mass is 445 g/mol. The lowest BCUT2D eigenvalue weighted by molar-refractivity contribution is 0.0535. The molecule has 0 bridgehead atoms. The minimum atomic E-state index is 0. The molecule has 2 aliphatic heterocycles. The van der Waals surface area contributed by atoms with Crippen LogP contribution in [0, 0.1) is 5.92 Å². The number of nitrogens with zero attached hydrogens (tertiary/aromatic N) is 3. The van der Waals surface area contributed by atoms with E-state index in [9.17, 15) is 0 Å². The van der Waals surface area contributed by atoms with E-state index in [4.69, 9.17) is 14.5 Å². The maximum atomic E-state index is 5.69. The molecule has 0 N–H and O–H groups in total. The molecule has 6 heteroatoms. The van der Waals surface area contributed by atoms with Crippen LogP contribution in [0.2, 0.25) is 0 Å². The van der Waals surface area contributed by atoms with Crippen LogP contribution in [0.1, 0.15) is 12.0 Å². The van der Waals surface area contributed by atoms with Gasteiger partial charge >= 0.3 is 0 Å². The number of guanidine groups is 1. The number of rotatable bonds is 7. The van der Waals surface area contributed by atoms with Gasteiger partial charge in [-0.3, -0.25) is 4.99 Å². The third-order valence-corrected chi connectivity index (χ3v) is 4.48. The second-order valence-electron chi connectivity index (χ2n) is 6.26. The van der Waals surface area contributed by atoms with Crippen molar-refractivity contribution in [2.24, 2.45) is 10.9 Å². The molecule has 2 aliphatic rings. The van der Waals surface area contributed by atoms with Gasteiger partial charge in [0.25, 0.3) is 0 Å². The SMILES string of the molecule is COCCOCC1CCN(C2=NCCN2Cc2ccccc2)C1.I. The quantitative estimate of drug-likeness (QED) is 0.478. The van der Waals surface area contributed by atoms with E-state index in [2.05, 4.69) is 40.1 Å². The smallest absolute Gasteiger partial charge is 0.197 e. The molecule has 1 atom stereocenters. The van der Waals surface area contributed by atoms with Gasteiger partial charge in [-0.15, -0.1) is 24.0 Å². The lowest BCUT2D eigenvalue weighted by Crippen LogP contribution is -2.40. The van der Waals surface area contributed by atoms with Gasteiger partial charge in [-0.05, 0) is 12.0 Å². The van der Waals surface area contributed by atoms with Crippen molar-refractivity contribution in [1.29, 1.82) is 0 Å². The van der Waals surface area contributed by atoms with Crippen molar-refractivity contribution in [3.05, 3.63) is 35.9 Å². The van der Waals surface area contributed by atoms with E-state index in [1.54, 1.807) is 7.11 Å². The summed E-state index contributed by atoms with van der Waals surface area (Å²) < 4.78 is 10.7. The van der Waals surface area contributed by atoms with Gasteiger partial charge < -0.3 is 19.3 Å². The minimum absolute atomic E-state index is 0. The molecular formula is C18H28IN3O2. The first kappa shape index (κ1) is 19.5. The summed E-state index contributed by atoms with van der Waals surface area (Å²) in [7, 11) is 1.71. The van der Waals surface area contributed by atoms with Crippen LogP contribution < -0.4 is 0 Å². The maximum Gasteiger partial charge on any atom is 0.197 e. The molecule has 2 heterocycles. The van der Waals surface area contributed by atoms with Gasteiger partial charge in [0.1, 0.15) is 0 Å². The molecule has 0 amide bonds. The predicted octanol–water partition coefficient (Wildman–Crippen LogP) is 2.46. The van der Waals surface area contributed by atoms with E-state index in [-0.39, 0.29) is 24.0 Å². The summed E-state index contributed by atoms with van der Waals surface area (Å²) in [4.78, 5) is 9.58. The van der Waals surface area contributed by atoms with Crippen molar-refractivity contribution in [2.45, 2.75) is 13.0 Å². The van der Waals surface area contributed by atoms with Crippen LogP contribution in [-0.2, 0) is 16.0 Å². The molecule has 1 aromatic rings. The highest BCUT2D eigenvalue weighted by atomic mass is 127. The summed E-state index contributed by atoms with van der Waals surface area (Å²) in [6.07, 6.45) is 1.19. The van der Waals surface area contributed by atoms with E-state index in [0.717, 1.165) is 39.3 Å². The van der Waals surface area contributed by atoms with E-state index in [1.165, 1.54) is 17.9 Å². The highest BCUT2D eigenvalue weighted by Crippen LogP contribution is 2.21. The molecule has 134 valence electrons. The number of methoxy groups -OCH3 is 1. The summed E-state index contributed by atoms with van der Waals surface area (Å²) in [5.41, 5.74) is 1.35. The van der Waals surface area contributed by atoms with Gasteiger partial charge in [-0.25, -0.2) is 0 Å². The molecule has 1 unspecified atom stereocenters. The number of benzene rings is 1. The third kappa shape index (κ3) is 5.32. The molecule has 5 nitrogen and oxygen atoms in total. The molecule has 1 fully saturated rings. The first-order valence-electron chi connectivity index (χ1n) is 8.52. The zero-order valence-electron chi connectivity index (χ0n) is 14.4. The van der Waals surface area contributed by atoms with Crippen molar-refractivity contribution >= 4 is 29.9 Å². The van der Waals surface area contributed by atoms with E-state index in [0.29, 0.717) is 19.1 Å². The van der Waals surface area contributed by atoms with Crippen LogP contribution in [0.3, 0.4) is 0 Å². The first-order valence-corrected chi connectivity index (χ1v) is 8.52. The number of aliphatic imine (C=N–C) groups is 1. The van der Waals surface area contributed by atoms with Gasteiger partial charge in [-0.1, -0.05) is 30.3 Å². The Bertz CT molecular complexity index is 512. The van der Waals surface area contributed by atoms with Crippen molar-refractivity contribution in [3.8, 4) is 0 Å². The number of hydrogen-bond donors (Lipinski definition) is 0. The summed E-state index contributed by atoms with van der Waals surface area (Å²) in [6, 6.07) is 10.6. The Kier molecular flexibility index (Phi) is 8.28. The van der Waals surface area contributed by atoms with Crippen LogP contribution in [0.25, 0.3) is 0 Å². The molecule has 3 rings (SSSR count). The minimum Gasteiger partial charge on any atom is -0.382 e. The van der Waals surface area contributed by atoms with Crippen LogP contribution >= 0.6 is 24.0 Å². The van der Waals surface area contributed by atoms with Crippen molar-refractivity contribution in [2.75, 3.05) is 53.1 Å². The predicted molar refractivity (Wildman–Crippen MR) is 107 cm³/mol. The highest BCUT2D eigenvalue weighted by Gasteiger charge is 2.29. The zero-order valence-corrected chi connectivity index (χ0v) is 16.7. The fraction of sp³-hybridized carbons (Fsp3) is 0.611. The van der Waals surface area contributed by atoms with Crippen molar-refractivity contribution in [3.63, 3.8) is 0 Å². The Hall–Kier alpha value is -0.860. The average molecular weight is 445 g/mol. The molecule has 1 aromatic carbocycles. The third-order valence-electron chi connectivity index (χ3n) is 4.48. The van der Waals surface area contributed by atoms with Gasteiger partial charge in [0, 0.05) is 39.2 Å². The standard InChI is InChI=1S/C18H27N3O2.HI/c1-22-11-12-23-15-17-7-9-20(14-17)18-19-8-10-21(18)13-16-5-3-2-4-6-16;/h2-6,17H,7-15H2,1H3;1H. The van der Waals surface area contributed by atoms with Gasteiger partial charge in [0.05, 0.1) is 26.4 Å². The Balaban J connectivity index is 0.00000208. The Labute approximate surface area is 162 Å². The summed E-state index contributed by atoms with van der Waals surface area (Å²) in [5.74, 6) is 1.78. The average Bonchev–Trinajstić information content (AvgIpc) is 3.22. The second kappa shape index (κ2) is 10.2. The molecule has 0 spiro atoms. The Morgan fingerprint density at radius 1 is 1.17 bits per heavy atom. The van der Waals surface area contributed by atoms with Crippen molar-refractivity contribution in [1.82, 2.24) is 9.80 Å². The number of halogens is 1. The largest absolute Gasteiger partial charge is 0.382 e. The van der Waals surface area contributed by atoms with Gasteiger partial charge in [-0.2, -0.15) is 0 Å². The number of ether oxygens (including phenoxy) is 2. The molecule has 0 saturated carbocycles. The second-order valence-corrected chi connectivity index (χ2v) is 6.26. The highest BCUT2D eigenvalue weighted by molar-refractivity contribution is 14.0. The van der Waals surface area contributed by atoms with Crippen LogP contribution in [-0.4, -0.2) is 68.9 Å². The maximum absolute atomic E-state index is 5.69. The molecular weight excluding hydrogens is 417 g/mol. The normalized spacial score (nSPS) is 20.2. The zero-order chi connectivity index (χ0) is 15.9. The summed E-state index contributed by atoms with van der Waals surface area (Å²) in [5, 5.41) is 0. The first-order chi connectivity index (χ1) is 11.4. The Morgan fingerprint density at radius 2 is 2.00 bits per heavy atom. The topological polar surface area (TPSA) is 37.3 Å². The molecule has 24 heavy (non-hydrogen) atoms. The molecule has 0 aliphatic carbocycles. The van der Waals surface area contributed by atoms with Crippen LogP contribution in [0.4, 0.5) is 0 Å². The number of hydrogen-bond acceptors (Lipinski definition) is 5. The molecule has 0 radical (unpaired) electrons. The summed E-state index contributed by atoms with van der Waals surface area (Å²) in [6.45, 7) is 7.21. The summed E-state index contributed by atoms with van der Waals surface area (Å²) >= 11 is 0.